The summed E-state index contributed by atoms with van der Waals surface area (Å²) in [6, 6.07) is 7.44. The van der Waals surface area contributed by atoms with Crippen molar-refractivity contribution in [2.24, 2.45) is 0 Å². The molecule has 1 aromatic heterocycles. The van der Waals surface area contributed by atoms with Crippen molar-refractivity contribution in [1.29, 1.82) is 0 Å². The van der Waals surface area contributed by atoms with Crippen LogP contribution in [0.25, 0.3) is 11.0 Å². The molecule has 7 nitrogen and oxygen atoms in total. The third-order valence-corrected chi connectivity index (χ3v) is 5.53. The molecule has 2 aliphatic heterocycles. The SMILES string of the molecule is CCOc1cccc2cc(C(C)NC(=O)N3CCOC4(CCOCC4)C3)oc12. The van der Waals surface area contributed by atoms with Gasteiger partial charge in [-0.3, -0.25) is 0 Å². The van der Waals surface area contributed by atoms with E-state index < -0.39 is 0 Å². The first-order chi connectivity index (χ1) is 13.6. The Morgan fingerprint density at radius 1 is 1.32 bits per heavy atom. The molecule has 1 aromatic carbocycles. The van der Waals surface area contributed by atoms with Crippen molar-refractivity contribution in [2.75, 3.05) is 39.5 Å². The Morgan fingerprint density at radius 2 is 2.14 bits per heavy atom. The number of hydrogen-bond acceptors (Lipinski definition) is 5. The number of nitrogens with zero attached hydrogens (tertiary/aromatic N) is 1. The third kappa shape index (κ3) is 3.82. The van der Waals surface area contributed by atoms with Gasteiger partial charge in [-0.2, -0.15) is 0 Å². The lowest BCUT2D eigenvalue weighted by molar-refractivity contribution is -0.145. The summed E-state index contributed by atoms with van der Waals surface area (Å²) in [4.78, 5) is 14.7. The fourth-order valence-electron chi connectivity index (χ4n) is 3.95. The second-order valence-electron chi connectivity index (χ2n) is 7.49. The molecule has 28 heavy (non-hydrogen) atoms. The van der Waals surface area contributed by atoms with Crippen LogP contribution >= 0.6 is 0 Å². The lowest BCUT2D eigenvalue weighted by Gasteiger charge is -2.44. The molecule has 0 bridgehead atoms. The van der Waals surface area contributed by atoms with Crippen LogP contribution in [0.5, 0.6) is 5.75 Å². The number of fused-ring (bicyclic) bond motifs is 1. The number of urea groups is 1. The maximum absolute atomic E-state index is 12.9. The van der Waals surface area contributed by atoms with E-state index >= 15 is 0 Å². The van der Waals surface area contributed by atoms with E-state index in [0.29, 0.717) is 50.9 Å². The van der Waals surface area contributed by atoms with Crippen LogP contribution in [0.4, 0.5) is 4.79 Å². The minimum atomic E-state index is -0.261. The van der Waals surface area contributed by atoms with Crippen molar-refractivity contribution in [3.8, 4) is 5.75 Å². The zero-order valence-corrected chi connectivity index (χ0v) is 16.5. The average molecular weight is 388 g/mol. The van der Waals surface area contributed by atoms with Gasteiger partial charge in [0.1, 0.15) is 5.76 Å². The van der Waals surface area contributed by atoms with Gasteiger partial charge < -0.3 is 28.8 Å². The Morgan fingerprint density at radius 3 is 2.93 bits per heavy atom. The molecule has 2 amide bonds. The summed E-state index contributed by atoms with van der Waals surface area (Å²) >= 11 is 0. The van der Waals surface area contributed by atoms with E-state index in [1.807, 2.05) is 43.0 Å². The summed E-state index contributed by atoms with van der Waals surface area (Å²) in [5.41, 5.74) is 0.455. The van der Waals surface area contributed by atoms with Crippen LogP contribution in [-0.4, -0.2) is 56.0 Å². The maximum Gasteiger partial charge on any atom is 0.318 e. The average Bonchev–Trinajstić information content (AvgIpc) is 3.14. The van der Waals surface area contributed by atoms with E-state index in [4.69, 9.17) is 18.6 Å². The van der Waals surface area contributed by atoms with Gasteiger partial charge in [0, 0.05) is 38.0 Å². The third-order valence-electron chi connectivity index (χ3n) is 5.53. The molecule has 7 heteroatoms. The Bertz CT molecular complexity index is 822. The normalized spacial score (nSPS) is 20.3. The molecule has 0 saturated carbocycles. The van der Waals surface area contributed by atoms with Crippen molar-refractivity contribution >= 4 is 17.0 Å². The first kappa shape index (κ1) is 19.1. The first-order valence-electron chi connectivity index (χ1n) is 10.0. The van der Waals surface area contributed by atoms with E-state index in [1.165, 1.54) is 0 Å². The van der Waals surface area contributed by atoms with Crippen LogP contribution in [-0.2, 0) is 9.47 Å². The molecule has 0 aliphatic carbocycles. The highest BCUT2D eigenvalue weighted by Crippen LogP contribution is 2.32. The number of para-hydroxylation sites is 1. The number of hydrogen-bond donors (Lipinski definition) is 1. The molecule has 1 spiro atoms. The van der Waals surface area contributed by atoms with E-state index in [-0.39, 0.29) is 17.7 Å². The minimum absolute atomic E-state index is 0.0906. The van der Waals surface area contributed by atoms with Gasteiger partial charge in [0.2, 0.25) is 0 Å². The fourth-order valence-corrected chi connectivity index (χ4v) is 3.95. The van der Waals surface area contributed by atoms with Gasteiger partial charge in [0.25, 0.3) is 0 Å². The molecule has 152 valence electrons. The smallest absolute Gasteiger partial charge is 0.318 e. The number of amides is 2. The summed E-state index contributed by atoms with van der Waals surface area (Å²) < 4.78 is 23.1. The number of nitrogens with one attached hydrogen (secondary N) is 1. The van der Waals surface area contributed by atoms with Gasteiger partial charge in [-0.25, -0.2) is 4.79 Å². The Hall–Kier alpha value is -2.25. The van der Waals surface area contributed by atoms with Crippen LogP contribution in [0.2, 0.25) is 0 Å². The largest absolute Gasteiger partial charge is 0.490 e. The van der Waals surface area contributed by atoms with E-state index in [1.54, 1.807) is 0 Å². The van der Waals surface area contributed by atoms with Crippen molar-refractivity contribution in [1.82, 2.24) is 10.2 Å². The summed E-state index contributed by atoms with van der Waals surface area (Å²) in [7, 11) is 0. The van der Waals surface area contributed by atoms with Gasteiger partial charge in [0.15, 0.2) is 11.3 Å². The van der Waals surface area contributed by atoms with Gasteiger partial charge in [0.05, 0.1) is 31.4 Å². The zero-order valence-electron chi connectivity index (χ0n) is 16.5. The summed E-state index contributed by atoms with van der Waals surface area (Å²) in [6.45, 7) is 7.58. The molecule has 3 heterocycles. The van der Waals surface area contributed by atoms with Gasteiger partial charge in [-0.05, 0) is 26.0 Å². The Kier molecular flexibility index (Phi) is 5.46. The van der Waals surface area contributed by atoms with E-state index in [2.05, 4.69) is 5.32 Å². The van der Waals surface area contributed by atoms with Crippen molar-refractivity contribution in [3.63, 3.8) is 0 Å². The van der Waals surface area contributed by atoms with E-state index in [0.717, 1.165) is 24.0 Å². The minimum Gasteiger partial charge on any atom is -0.490 e. The van der Waals surface area contributed by atoms with Crippen molar-refractivity contribution in [3.05, 3.63) is 30.0 Å². The number of carbonyl (C=O) groups excluding carboxylic acids is 1. The monoisotopic (exact) mass is 388 g/mol. The molecule has 1 N–H and O–H groups in total. The number of carbonyl (C=O) groups is 1. The Balaban J connectivity index is 1.44. The molecular formula is C21H28N2O5. The van der Waals surface area contributed by atoms with Crippen LogP contribution < -0.4 is 10.1 Å². The molecule has 1 unspecified atom stereocenters. The molecule has 0 radical (unpaired) electrons. The van der Waals surface area contributed by atoms with Crippen LogP contribution in [0, 0.1) is 0 Å². The fraction of sp³-hybridized carbons (Fsp3) is 0.571. The van der Waals surface area contributed by atoms with E-state index in [9.17, 15) is 4.79 Å². The summed E-state index contributed by atoms with van der Waals surface area (Å²) in [6.07, 6.45) is 1.66. The lowest BCUT2D eigenvalue weighted by Crippen LogP contribution is -2.57. The lowest BCUT2D eigenvalue weighted by atomic mass is 9.92. The molecule has 2 aromatic rings. The highest BCUT2D eigenvalue weighted by molar-refractivity contribution is 5.84. The highest BCUT2D eigenvalue weighted by Gasteiger charge is 2.40. The van der Waals surface area contributed by atoms with Crippen LogP contribution in [0.1, 0.15) is 38.5 Å². The number of ether oxygens (including phenoxy) is 3. The zero-order chi connectivity index (χ0) is 19.6. The number of rotatable bonds is 4. The molecule has 4 rings (SSSR count). The van der Waals surface area contributed by atoms with Crippen LogP contribution in [0.15, 0.2) is 28.7 Å². The second-order valence-corrected chi connectivity index (χ2v) is 7.49. The van der Waals surface area contributed by atoms with Crippen molar-refractivity contribution < 1.29 is 23.4 Å². The predicted octanol–water partition coefficient (Wildman–Crippen LogP) is 3.48. The molecule has 2 fully saturated rings. The first-order valence-corrected chi connectivity index (χ1v) is 10.0. The molecular weight excluding hydrogens is 360 g/mol. The quantitative estimate of drug-likeness (QED) is 0.868. The topological polar surface area (TPSA) is 73.2 Å². The molecule has 2 aliphatic rings. The number of morpholine rings is 1. The number of benzene rings is 1. The van der Waals surface area contributed by atoms with Crippen molar-refractivity contribution in [2.45, 2.75) is 38.3 Å². The molecule has 2 saturated heterocycles. The maximum atomic E-state index is 12.9. The predicted molar refractivity (Wildman–Crippen MR) is 105 cm³/mol. The molecule has 1 atom stereocenters. The van der Waals surface area contributed by atoms with Gasteiger partial charge >= 0.3 is 6.03 Å². The summed E-state index contributed by atoms with van der Waals surface area (Å²) in [5, 5.41) is 4.03. The Labute approximate surface area is 164 Å². The second kappa shape index (κ2) is 8.01. The summed E-state index contributed by atoms with van der Waals surface area (Å²) in [5.74, 6) is 1.43. The highest BCUT2D eigenvalue weighted by atomic mass is 16.5. The van der Waals surface area contributed by atoms with Crippen LogP contribution in [0.3, 0.4) is 0 Å². The number of furan rings is 1. The van der Waals surface area contributed by atoms with Gasteiger partial charge in [-0.1, -0.05) is 12.1 Å². The standard InChI is InChI=1S/C21H28N2O5/c1-3-26-17-6-4-5-16-13-18(28-19(16)17)15(2)22-20(24)23-9-12-27-21(14-23)7-10-25-11-8-21/h4-6,13,15H,3,7-12,14H2,1-2H3,(H,22,24). The van der Waals surface area contributed by atoms with Gasteiger partial charge in [-0.15, -0.1) is 0 Å².